The molecule has 0 bridgehead atoms. The number of nitrogens with zero attached hydrogens (tertiary/aromatic N) is 2. The maximum atomic E-state index is 9.77. The van der Waals surface area contributed by atoms with Crippen LogP contribution in [0, 0.1) is 5.92 Å². The first-order valence-corrected chi connectivity index (χ1v) is 4.32. The fourth-order valence-corrected chi connectivity index (χ4v) is 1.50. The van der Waals surface area contributed by atoms with Crippen molar-refractivity contribution >= 4 is 0 Å². The molecular weight excluding hydrogens is 152 g/mol. The fourth-order valence-electron chi connectivity index (χ4n) is 1.50. The minimum Gasteiger partial charge on any atom is -0.388 e. The van der Waals surface area contributed by atoms with E-state index in [1.54, 1.807) is 12.4 Å². The van der Waals surface area contributed by atoms with Crippen molar-refractivity contribution in [3.8, 4) is 0 Å². The van der Waals surface area contributed by atoms with E-state index in [9.17, 15) is 5.11 Å². The van der Waals surface area contributed by atoms with E-state index in [4.69, 9.17) is 0 Å². The van der Waals surface area contributed by atoms with Crippen LogP contribution in [0.2, 0.25) is 0 Å². The van der Waals surface area contributed by atoms with E-state index in [0.717, 1.165) is 18.4 Å². The molecule has 2 rings (SSSR count). The summed E-state index contributed by atoms with van der Waals surface area (Å²) in [6, 6.07) is 1.83. The van der Waals surface area contributed by atoms with E-state index in [0.29, 0.717) is 5.92 Å². The largest absolute Gasteiger partial charge is 0.388 e. The molecule has 1 unspecified atom stereocenters. The summed E-state index contributed by atoms with van der Waals surface area (Å²) in [6.45, 7) is 0. The van der Waals surface area contributed by atoms with Gasteiger partial charge in [0.2, 0.25) is 0 Å². The Hall–Kier alpha value is -0.960. The van der Waals surface area contributed by atoms with Crippen LogP contribution in [0.3, 0.4) is 0 Å². The lowest BCUT2D eigenvalue weighted by molar-refractivity contribution is 0.0617. The molecule has 0 aliphatic heterocycles. The van der Waals surface area contributed by atoms with Gasteiger partial charge in [0.25, 0.3) is 0 Å². The predicted octanol–water partition coefficient (Wildman–Crippen LogP) is 1.31. The summed E-state index contributed by atoms with van der Waals surface area (Å²) in [4.78, 5) is 0. The number of aliphatic hydroxyl groups excluding tert-OH is 1. The summed E-state index contributed by atoms with van der Waals surface area (Å²) in [5.41, 5.74) is 0.898. The molecule has 1 N–H and O–H groups in total. The second kappa shape index (κ2) is 3.19. The highest BCUT2D eigenvalue weighted by molar-refractivity contribution is 5.10. The fraction of sp³-hybridized carbons (Fsp3) is 0.556. The Morgan fingerprint density at radius 2 is 2.25 bits per heavy atom. The highest BCUT2D eigenvalue weighted by Crippen LogP contribution is 2.36. The average Bonchev–Trinajstić information content (AvgIpc) is 2.03. The molecule has 0 saturated heterocycles. The van der Waals surface area contributed by atoms with Crippen LogP contribution >= 0.6 is 0 Å². The highest BCUT2D eigenvalue weighted by Gasteiger charge is 2.26. The molecule has 64 valence electrons. The summed E-state index contributed by atoms with van der Waals surface area (Å²) < 4.78 is 0. The van der Waals surface area contributed by atoms with Crippen molar-refractivity contribution in [2.24, 2.45) is 5.92 Å². The van der Waals surface area contributed by atoms with Crippen LogP contribution in [-0.4, -0.2) is 15.3 Å². The summed E-state index contributed by atoms with van der Waals surface area (Å²) in [6.07, 6.45) is 6.47. The average molecular weight is 164 g/mol. The first-order chi connectivity index (χ1) is 5.88. The van der Waals surface area contributed by atoms with Crippen molar-refractivity contribution in [1.82, 2.24) is 10.2 Å². The minimum atomic E-state index is -0.325. The SMILES string of the molecule is OC(c1ccnnc1)C1CCC1. The van der Waals surface area contributed by atoms with E-state index in [2.05, 4.69) is 10.2 Å². The van der Waals surface area contributed by atoms with Crippen LogP contribution < -0.4 is 0 Å². The van der Waals surface area contributed by atoms with Gasteiger partial charge in [0.1, 0.15) is 0 Å². The van der Waals surface area contributed by atoms with Crippen LogP contribution in [0.25, 0.3) is 0 Å². The molecule has 0 aromatic carbocycles. The Morgan fingerprint density at radius 3 is 2.75 bits per heavy atom. The summed E-state index contributed by atoms with van der Waals surface area (Å²) in [5.74, 6) is 0.453. The number of aliphatic hydroxyl groups is 1. The lowest BCUT2D eigenvalue weighted by Crippen LogP contribution is -2.20. The van der Waals surface area contributed by atoms with Crippen molar-refractivity contribution in [2.75, 3.05) is 0 Å². The number of hydrogen-bond donors (Lipinski definition) is 1. The van der Waals surface area contributed by atoms with Crippen LogP contribution in [0.5, 0.6) is 0 Å². The van der Waals surface area contributed by atoms with Crippen molar-refractivity contribution in [2.45, 2.75) is 25.4 Å². The third kappa shape index (κ3) is 1.32. The Labute approximate surface area is 71.5 Å². The zero-order chi connectivity index (χ0) is 8.39. The molecule has 1 aromatic rings. The maximum absolute atomic E-state index is 9.77. The molecule has 1 heterocycles. The van der Waals surface area contributed by atoms with Gasteiger partial charge >= 0.3 is 0 Å². The normalized spacial score (nSPS) is 20.1. The third-order valence-corrected chi connectivity index (χ3v) is 2.54. The van der Waals surface area contributed by atoms with Gasteiger partial charge in [-0.3, -0.25) is 0 Å². The molecule has 1 aliphatic rings. The maximum Gasteiger partial charge on any atom is 0.0834 e. The van der Waals surface area contributed by atoms with Gasteiger partial charge in [0, 0.05) is 11.8 Å². The van der Waals surface area contributed by atoms with Gasteiger partial charge in [0.15, 0.2) is 0 Å². The summed E-state index contributed by atoms with van der Waals surface area (Å²) >= 11 is 0. The van der Waals surface area contributed by atoms with Crippen LogP contribution in [0.1, 0.15) is 30.9 Å². The minimum absolute atomic E-state index is 0.325. The monoisotopic (exact) mass is 164 g/mol. The molecule has 0 radical (unpaired) electrons. The van der Waals surface area contributed by atoms with Crippen molar-refractivity contribution in [1.29, 1.82) is 0 Å². The zero-order valence-electron chi connectivity index (χ0n) is 6.85. The molecule has 0 spiro atoms. The predicted molar refractivity (Wildman–Crippen MR) is 44.3 cm³/mol. The summed E-state index contributed by atoms with van der Waals surface area (Å²) in [5, 5.41) is 17.2. The molecular formula is C9H12N2O. The van der Waals surface area contributed by atoms with Crippen LogP contribution in [0.4, 0.5) is 0 Å². The van der Waals surface area contributed by atoms with E-state index in [1.807, 2.05) is 6.07 Å². The molecule has 1 fully saturated rings. The lowest BCUT2D eigenvalue weighted by atomic mass is 9.79. The Kier molecular flexibility index (Phi) is 2.04. The van der Waals surface area contributed by atoms with Gasteiger partial charge in [-0.2, -0.15) is 10.2 Å². The molecule has 1 aromatic heterocycles. The smallest absolute Gasteiger partial charge is 0.0834 e. The Bertz CT molecular complexity index is 246. The first kappa shape index (κ1) is 7.68. The second-order valence-corrected chi connectivity index (χ2v) is 3.31. The lowest BCUT2D eigenvalue weighted by Gasteiger charge is -2.30. The van der Waals surface area contributed by atoms with Gasteiger partial charge in [-0.15, -0.1) is 0 Å². The number of hydrogen-bond acceptors (Lipinski definition) is 3. The Morgan fingerprint density at radius 1 is 1.42 bits per heavy atom. The molecule has 3 nitrogen and oxygen atoms in total. The van der Waals surface area contributed by atoms with Crippen LogP contribution in [-0.2, 0) is 0 Å². The summed E-state index contributed by atoms with van der Waals surface area (Å²) in [7, 11) is 0. The van der Waals surface area contributed by atoms with E-state index in [-0.39, 0.29) is 6.10 Å². The van der Waals surface area contributed by atoms with Gasteiger partial charge in [0.05, 0.1) is 12.3 Å². The van der Waals surface area contributed by atoms with Gasteiger partial charge < -0.3 is 5.11 Å². The molecule has 3 heteroatoms. The second-order valence-electron chi connectivity index (χ2n) is 3.31. The molecule has 12 heavy (non-hydrogen) atoms. The van der Waals surface area contributed by atoms with Gasteiger partial charge in [-0.1, -0.05) is 6.42 Å². The van der Waals surface area contributed by atoms with Crippen molar-refractivity contribution < 1.29 is 5.11 Å². The number of rotatable bonds is 2. The molecule has 1 atom stereocenters. The first-order valence-electron chi connectivity index (χ1n) is 4.32. The van der Waals surface area contributed by atoms with E-state index in [1.165, 1.54) is 6.42 Å². The van der Waals surface area contributed by atoms with Crippen LogP contribution in [0.15, 0.2) is 18.5 Å². The molecule has 1 aliphatic carbocycles. The van der Waals surface area contributed by atoms with Crippen molar-refractivity contribution in [3.63, 3.8) is 0 Å². The molecule has 1 saturated carbocycles. The zero-order valence-corrected chi connectivity index (χ0v) is 6.85. The molecule has 0 amide bonds. The standard InChI is InChI=1S/C9H12N2O/c12-9(7-2-1-3-7)8-4-5-10-11-6-8/h4-7,9,12H,1-3H2. The van der Waals surface area contributed by atoms with Crippen molar-refractivity contribution in [3.05, 3.63) is 24.0 Å². The highest BCUT2D eigenvalue weighted by atomic mass is 16.3. The quantitative estimate of drug-likeness (QED) is 0.716. The van der Waals surface area contributed by atoms with Gasteiger partial charge in [-0.05, 0) is 24.8 Å². The number of aromatic nitrogens is 2. The van der Waals surface area contributed by atoms with E-state index >= 15 is 0 Å². The Balaban J connectivity index is 2.08. The van der Waals surface area contributed by atoms with Gasteiger partial charge in [-0.25, -0.2) is 0 Å². The third-order valence-electron chi connectivity index (χ3n) is 2.54. The topological polar surface area (TPSA) is 46.0 Å². The van der Waals surface area contributed by atoms with E-state index < -0.39 is 0 Å².